The first-order valence-corrected chi connectivity index (χ1v) is 7.49. The third kappa shape index (κ3) is 3.72. The normalized spacial score (nSPS) is 17.2. The summed E-state index contributed by atoms with van der Waals surface area (Å²) in [6.07, 6.45) is 9.19. The fraction of sp³-hybridized carbons (Fsp3) is 0.312. The highest BCUT2D eigenvalue weighted by Gasteiger charge is 2.11. The van der Waals surface area contributed by atoms with Gasteiger partial charge in [0.1, 0.15) is 5.69 Å². The van der Waals surface area contributed by atoms with E-state index < -0.39 is 0 Å². The predicted octanol–water partition coefficient (Wildman–Crippen LogP) is 2.18. The Kier molecular flexibility index (Phi) is 4.48. The number of urea groups is 1. The molecule has 6 heteroatoms. The number of hydrogen-bond donors (Lipinski definition) is 2. The Morgan fingerprint density at radius 1 is 1.32 bits per heavy atom. The smallest absolute Gasteiger partial charge is 0.315 e. The molecule has 0 spiro atoms. The molecule has 0 fully saturated rings. The Balaban J connectivity index is 1.51. The molecule has 1 aromatic carbocycles. The van der Waals surface area contributed by atoms with Crippen molar-refractivity contribution < 1.29 is 4.79 Å². The largest absolute Gasteiger partial charge is 0.332 e. The van der Waals surface area contributed by atoms with Gasteiger partial charge in [-0.05, 0) is 31.4 Å². The van der Waals surface area contributed by atoms with Crippen LogP contribution in [0.4, 0.5) is 4.79 Å². The number of allylic oxidation sites excluding steroid dienone is 1. The number of rotatable bonds is 4. The van der Waals surface area contributed by atoms with Gasteiger partial charge in [-0.25, -0.2) is 9.48 Å². The molecule has 0 radical (unpaired) electrons. The van der Waals surface area contributed by atoms with Crippen molar-refractivity contribution in [1.82, 2.24) is 25.6 Å². The fourth-order valence-corrected chi connectivity index (χ4v) is 2.41. The molecule has 2 amide bonds. The molecule has 2 N–H and O–H groups in total. The van der Waals surface area contributed by atoms with Crippen molar-refractivity contribution in [3.8, 4) is 5.69 Å². The van der Waals surface area contributed by atoms with Gasteiger partial charge >= 0.3 is 6.03 Å². The minimum atomic E-state index is -0.175. The number of benzene rings is 1. The average molecular weight is 297 g/mol. The van der Waals surface area contributed by atoms with Gasteiger partial charge in [0, 0.05) is 6.04 Å². The summed E-state index contributed by atoms with van der Waals surface area (Å²) in [5.41, 5.74) is 1.66. The monoisotopic (exact) mass is 297 g/mol. The van der Waals surface area contributed by atoms with Crippen LogP contribution in [0.15, 0.2) is 48.7 Å². The third-order valence-electron chi connectivity index (χ3n) is 3.56. The fourth-order valence-electron chi connectivity index (χ4n) is 2.41. The number of para-hydroxylation sites is 1. The predicted molar refractivity (Wildman–Crippen MR) is 83.5 cm³/mol. The summed E-state index contributed by atoms with van der Waals surface area (Å²) < 4.78 is 1.69. The summed E-state index contributed by atoms with van der Waals surface area (Å²) in [5, 5.41) is 13.9. The second kappa shape index (κ2) is 6.89. The number of nitrogens with one attached hydrogen (secondary N) is 2. The Labute approximate surface area is 129 Å². The molecule has 6 nitrogen and oxygen atoms in total. The molecule has 0 saturated heterocycles. The van der Waals surface area contributed by atoms with E-state index in [0.717, 1.165) is 30.6 Å². The van der Waals surface area contributed by atoms with Gasteiger partial charge in [-0.2, -0.15) is 0 Å². The number of carbonyl (C=O) groups is 1. The molecule has 1 aromatic heterocycles. The molecule has 1 aliphatic rings. The van der Waals surface area contributed by atoms with Crippen molar-refractivity contribution in [2.45, 2.75) is 31.8 Å². The maximum Gasteiger partial charge on any atom is 0.315 e. The number of hydrogen-bond acceptors (Lipinski definition) is 3. The summed E-state index contributed by atoms with van der Waals surface area (Å²) in [7, 11) is 0. The summed E-state index contributed by atoms with van der Waals surface area (Å²) in [4.78, 5) is 11.9. The molecular weight excluding hydrogens is 278 g/mol. The highest BCUT2D eigenvalue weighted by Crippen LogP contribution is 2.10. The first-order chi connectivity index (χ1) is 10.8. The van der Waals surface area contributed by atoms with E-state index >= 15 is 0 Å². The van der Waals surface area contributed by atoms with Gasteiger partial charge in [0.2, 0.25) is 0 Å². The van der Waals surface area contributed by atoms with Gasteiger partial charge in [-0.15, -0.1) is 5.10 Å². The van der Waals surface area contributed by atoms with Crippen LogP contribution in [0.1, 0.15) is 25.0 Å². The lowest BCUT2D eigenvalue weighted by molar-refractivity contribution is 0.237. The van der Waals surface area contributed by atoms with Crippen molar-refractivity contribution in [2.75, 3.05) is 0 Å². The zero-order chi connectivity index (χ0) is 15.2. The molecule has 0 saturated carbocycles. The number of aromatic nitrogens is 3. The van der Waals surface area contributed by atoms with Crippen LogP contribution in [0.2, 0.25) is 0 Å². The number of amides is 2. The van der Waals surface area contributed by atoms with Crippen LogP contribution in [-0.4, -0.2) is 27.1 Å². The first-order valence-electron chi connectivity index (χ1n) is 7.49. The molecular formula is C16H19N5O. The molecule has 1 atom stereocenters. The maximum absolute atomic E-state index is 11.9. The molecule has 1 unspecified atom stereocenters. The van der Waals surface area contributed by atoms with Crippen LogP contribution in [0.3, 0.4) is 0 Å². The molecule has 2 aromatic rings. The highest BCUT2D eigenvalue weighted by atomic mass is 16.2. The second-order valence-electron chi connectivity index (χ2n) is 5.28. The summed E-state index contributed by atoms with van der Waals surface area (Å²) >= 11 is 0. The molecule has 1 aliphatic carbocycles. The Morgan fingerprint density at radius 2 is 2.18 bits per heavy atom. The lowest BCUT2D eigenvalue weighted by Gasteiger charge is -2.17. The maximum atomic E-state index is 11.9. The minimum absolute atomic E-state index is 0.133. The van der Waals surface area contributed by atoms with Crippen molar-refractivity contribution in [3.05, 3.63) is 54.4 Å². The zero-order valence-corrected chi connectivity index (χ0v) is 12.3. The standard InChI is InChI=1S/C16H19N5O/c22-16(18-13-7-3-1-4-8-13)17-11-14-12-21(20-19-14)15-9-5-2-6-10-15/h2-3,5-7,9-10,12-13H,1,4,8,11H2,(H2,17,18,22). The van der Waals surface area contributed by atoms with Crippen molar-refractivity contribution in [3.63, 3.8) is 0 Å². The second-order valence-corrected chi connectivity index (χ2v) is 5.28. The quantitative estimate of drug-likeness (QED) is 0.850. The van der Waals surface area contributed by atoms with Gasteiger partial charge in [0.05, 0.1) is 18.4 Å². The third-order valence-corrected chi connectivity index (χ3v) is 3.56. The van der Waals surface area contributed by atoms with Gasteiger partial charge < -0.3 is 10.6 Å². The molecule has 22 heavy (non-hydrogen) atoms. The van der Waals surface area contributed by atoms with Crippen molar-refractivity contribution >= 4 is 6.03 Å². The summed E-state index contributed by atoms with van der Waals surface area (Å²) in [6.45, 7) is 0.356. The van der Waals surface area contributed by atoms with Crippen LogP contribution in [0.5, 0.6) is 0 Å². The van der Waals surface area contributed by atoms with E-state index in [1.165, 1.54) is 0 Å². The topological polar surface area (TPSA) is 71.8 Å². The van der Waals surface area contributed by atoms with E-state index in [4.69, 9.17) is 0 Å². The molecule has 0 aliphatic heterocycles. The highest BCUT2D eigenvalue weighted by molar-refractivity contribution is 5.74. The summed E-state index contributed by atoms with van der Waals surface area (Å²) in [5.74, 6) is 0. The summed E-state index contributed by atoms with van der Waals surface area (Å²) in [6, 6.07) is 9.70. The molecule has 3 rings (SSSR count). The van der Waals surface area contributed by atoms with Crippen molar-refractivity contribution in [1.29, 1.82) is 0 Å². The van der Waals surface area contributed by atoms with Crippen LogP contribution in [-0.2, 0) is 6.54 Å². The lowest BCUT2D eigenvalue weighted by atomic mass is 10.0. The van der Waals surface area contributed by atoms with Gasteiger partial charge in [-0.1, -0.05) is 35.6 Å². The zero-order valence-electron chi connectivity index (χ0n) is 12.3. The molecule has 1 heterocycles. The Bertz CT molecular complexity index is 650. The lowest BCUT2D eigenvalue weighted by Crippen LogP contribution is -2.41. The molecule has 114 valence electrons. The number of nitrogens with zero attached hydrogens (tertiary/aromatic N) is 3. The van der Waals surface area contributed by atoms with E-state index in [2.05, 4.69) is 33.1 Å². The molecule has 0 bridgehead atoms. The van der Waals surface area contributed by atoms with Crippen LogP contribution in [0.25, 0.3) is 5.69 Å². The van der Waals surface area contributed by atoms with Crippen LogP contribution >= 0.6 is 0 Å². The first kappa shape index (κ1) is 14.3. The average Bonchev–Trinajstić information content (AvgIpc) is 3.04. The van der Waals surface area contributed by atoms with Crippen LogP contribution in [0, 0.1) is 0 Å². The van der Waals surface area contributed by atoms with E-state index in [9.17, 15) is 4.79 Å². The SMILES string of the molecule is O=C(NCc1cn(-c2ccccc2)nn1)NC1C=CCCC1. The van der Waals surface area contributed by atoms with E-state index in [0.29, 0.717) is 6.54 Å². The Morgan fingerprint density at radius 3 is 2.95 bits per heavy atom. The van der Waals surface area contributed by atoms with Crippen molar-refractivity contribution in [2.24, 2.45) is 0 Å². The van der Waals surface area contributed by atoms with Gasteiger partial charge in [-0.3, -0.25) is 0 Å². The van der Waals surface area contributed by atoms with Crippen LogP contribution < -0.4 is 10.6 Å². The van der Waals surface area contributed by atoms with E-state index in [1.54, 1.807) is 4.68 Å². The number of carbonyl (C=O) groups excluding carboxylic acids is 1. The van der Waals surface area contributed by atoms with Gasteiger partial charge in [0.15, 0.2) is 0 Å². The van der Waals surface area contributed by atoms with Gasteiger partial charge in [0.25, 0.3) is 0 Å². The van der Waals surface area contributed by atoms with E-state index in [1.807, 2.05) is 36.5 Å². The Hall–Kier alpha value is -2.63. The van der Waals surface area contributed by atoms with E-state index in [-0.39, 0.29) is 12.1 Å². The minimum Gasteiger partial charge on any atom is -0.332 e.